The van der Waals surface area contributed by atoms with Crippen LogP contribution in [0.5, 0.6) is 5.75 Å². The highest BCUT2D eigenvalue weighted by Gasteiger charge is 2.29. The maximum Gasteiger partial charge on any atom is 0.316 e. The normalized spacial score (nSPS) is 14.9. The molecule has 11 nitrogen and oxygen atoms in total. The van der Waals surface area contributed by atoms with Crippen LogP contribution in [0.15, 0.2) is 70.5 Å². The van der Waals surface area contributed by atoms with E-state index < -0.39 is 25.4 Å². The molecule has 2 heterocycles. The van der Waals surface area contributed by atoms with Crippen molar-refractivity contribution in [1.82, 2.24) is 14.1 Å². The fourth-order valence-electron chi connectivity index (χ4n) is 4.25. The summed E-state index contributed by atoms with van der Waals surface area (Å²) in [4.78, 5) is 15.5. The zero-order valence-corrected chi connectivity index (χ0v) is 23.5. The van der Waals surface area contributed by atoms with E-state index in [4.69, 9.17) is 9.47 Å². The van der Waals surface area contributed by atoms with Crippen LogP contribution in [-0.4, -0.2) is 83.2 Å². The van der Waals surface area contributed by atoms with Gasteiger partial charge in [-0.2, -0.15) is 14.1 Å². The number of sulfonamides is 1. The third kappa shape index (κ3) is 7.04. The zero-order chi connectivity index (χ0) is 28.0. The molecule has 3 aromatic rings. The lowest BCUT2D eigenvalue weighted by molar-refractivity contribution is 0.109. The molecule has 0 amide bonds. The Labute approximate surface area is 228 Å². The standard InChI is InChI=1S/C26H32N4O7S2/c1-3-36-16-17-37-25-24(19-27-30(26(25)31)22-10-7-11-23(18-22)38(2,32)33)28-12-14-29(15-13-28)39(34,35)20-21-8-5-4-6-9-21/h4-11,18-19H,3,12-17,20H2,1-2H3. The fraction of sp³-hybridized carbons (Fsp3) is 0.385. The van der Waals surface area contributed by atoms with Crippen molar-refractivity contribution in [1.29, 1.82) is 0 Å². The van der Waals surface area contributed by atoms with Gasteiger partial charge in [0.1, 0.15) is 12.3 Å². The predicted octanol–water partition coefficient (Wildman–Crippen LogP) is 1.70. The first-order chi connectivity index (χ1) is 18.6. The van der Waals surface area contributed by atoms with Gasteiger partial charge in [0.15, 0.2) is 9.84 Å². The molecule has 1 saturated heterocycles. The van der Waals surface area contributed by atoms with Crippen LogP contribution in [0.3, 0.4) is 0 Å². The third-order valence-electron chi connectivity index (χ3n) is 6.25. The van der Waals surface area contributed by atoms with E-state index >= 15 is 0 Å². The molecular formula is C26H32N4O7S2. The number of nitrogens with zero attached hydrogens (tertiary/aromatic N) is 4. The summed E-state index contributed by atoms with van der Waals surface area (Å²) in [6.45, 7) is 3.90. The minimum atomic E-state index is -3.51. The van der Waals surface area contributed by atoms with Gasteiger partial charge in [-0.25, -0.2) is 16.8 Å². The van der Waals surface area contributed by atoms with E-state index in [1.54, 1.807) is 24.3 Å². The molecule has 0 atom stereocenters. The lowest BCUT2D eigenvalue weighted by Crippen LogP contribution is -2.49. The van der Waals surface area contributed by atoms with Gasteiger partial charge in [0.05, 0.1) is 29.1 Å². The molecule has 1 aromatic heterocycles. The van der Waals surface area contributed by atoms with Crippen LogP contribution < -0.4 is 15.2 Å². The first-order valence-corrected chi connectivity index (χ1v) is 16.0. The van der Waals surface area contributed by atoms with Gasteiger partial charge in [0, 0.05) is 39.0 Å². The van der Waals surface area contributed by atoms with Gasteiger partial charge in [0.2, 0.25) is 15.8 Å². The number of piperazine rings is 1. The minimum Gasteiger partial charge on any atom is -0.484 e. The molecule has 4 rings (SSSR count). The summed E-state index contributed by atoms with van der Waals surface area (Å²) in [6, 6.07) is 15.0. The number of benzene rings is 2. The number of hydrogen-bond donors (Lipinski definition) is 0. The lowest BCUT2D eigenvalue weighted by atomic mass is 10.2. The number of hydrogen-bond acceptors (Lipinski definition) is 9. The topological polar surface area (TPSA) is 128 Å². The fourth-order valence-corrected chi connectivity index (χ4v) is 6.43. The molecule has 13 heteroatoms. The molecule has 2 aromatic carbocycles. The zero-order valence-electron chi connectivity index (χ0n) is 21.9. The first-order valence-electron chi connectivity index (χ1n) is 12.5. The molecule has 39 heavy (non-hydrogen) atoms. The Balaban J connectivity index is 1.59. The van der Waals surface area contributed by atoms with Crippen LogP contribution in [0.4, 0.5) is 5.69 Å². The van der Waals surface area contributed by atoms with Crippen LogP contribution >= 0.6 is 0 Å². The average Bonchev–Trinajstić information content (AvgIpc) is 2.92. The summed E-state index contributed by atoms with van der Waals surface area (Å²) < 4.78 is 63.8. The molecule has 1 fully saturated rings. The van der Waals surface area contributed by atoms with Crippen LogP contribution in [-0.2, 0) is 30.4 Å². The van der Waals surface area contributed by atoms with Gasteiger partial charge < -0.3 is 14.4 Å². The van der Waals surface area contributed by atoms with Crippen molar-refractivity contribution in [3.8, 4) is 11.4 Å². The van der Waals surface area contributed by atoms with Crippen molar-refractivity contribution in [2.75, 3.05) is 57.2 Å². The maximum absolute atomic E-state index is 13.5. The van der Waals surface area contributed by atoms with E-state index in [9.17, 15) is 21.6 Å². The van der Waals surface area contributed by atoms with Crippen LogP contribution in [0.2, 0.25) is 0 Å². The van der Waals surface area contributed by atoms with Gasteiger partial charge >= 0.3 is 5.56 Å². The average molecular weight is 577 g/mol. The molecule has 0 bridgehead atoms. The summed E-state index contributed by atoms with van der Waals surface area (Å²) in [6.07, 6.45) is 2.58. The van der Waals surface area contributed by atoms with E-state index in [2.05, 4.69) is 5.10 Å². The Morgan fingerprint density at radius 2 is 1.64 bits per heavy atom. The second kappa shape index (κ2) is 12.3. The van der Waals surface area contributed by atoms with E-state index in [-0.39, 0.29) is 48.4 Å². The van der Waals surface area contributed by atoms with Crippen molar-refractivity contribution in [2.45, 2.75) is 17.6 Å². The second-order valence-electron chi connectivity index (χ2n) is 9.02. The summed E-state index contributed by atoms with van der Waals surface area (Å²) in [5.74, 6) is -0.0425. The summed E-state index contributed by atoms with van der Waals surface area (Å²) in [5.41, 5.74) is 0.875. The van der Waals surface area contributed by atoms with Crippen LogP contribution in [0.1, 0.15) is 12.5 Å². The Hall–Kier alpha value is -3.26. The molecule has 1 aliphatic rings. The maximum atomic E-state index is 13.5. The molecule has 0 N–H and O–H groups in total. The lowest BCUT2D eigenvalue weighted by Gasteiger charge is -2.35. The number of anilines is 1. The van der Waals surface area contributed by atoms with Crippen molar-refractivity contribution in [3.05, 3.63) is 76.7 Å². The number of rotatable bonds is 11. The van der Waals surface area contributed by atoms with Crippen molar-refractivity contribution in [3.63, 3.8) is 0 Å². The van der Waals surface area contributed by atoms with Crippen LogP contribution in [0.25, 0.3) is 5.69 Å². The van der Waals surface area contributed by atoms with Crippen molar-refractivity contribution >= 4 is 25.5 Å². The monoisotopic (exact) mass is 576 g/mol. The Morgan fingerprint density at radius 3 is 2.31 bits per heavy atom. The Morgan fingerprint density at radius 1 is 0.923 bits per heavy atom. The molecule has 1 aliphatic heterocycles. The summed E-state index contributed by atoms with van der Waals surface area (Å²) in [7, 11) is -7.00. The highest BCUT2D eigenvalue weighted by molar-refractivity contribution is 7.90. The molecular weight excluding hydrogens is 544 g/mol. The van der Waals surface area contributed by atoms with E-state index in [1.807, 2.05) is 30.0 Å². The van der Waals surface area contributed by atoms with Crippen molar-refractivity contribution < 1.29 is 26.3 Å². The molecule has 0 saturated carbocycles. The van der Waals surface area contributed by atoms with Gasteiger partial charge in [-0.3, -0.25) is 4.79 Å². The highest BCUT2D eigenvalue weighted by Crippen LogP contribution is 2.27. The molecule has 210 valence electrons. The van der Waals surface area contributed by atoms with Crippen LogP contribution in [0, 0.1) is 0 Å². The smallest absolute Gasteiger partial charge is 0.316 e. The molecule has 0 radical (unpaired) electrons. The summed E-state index contributed by atoms with van der Waals surface area (Å²) in [5, 5.41) is 4.30. The van der Waals surface area contributed by atoms with E-state index in [1.165, 1.54) is 22.6 Å². The number of ether oxygens (including phenoxy) is 2. The SMILES string of the molecule is CCOCCOc1c(N2CCN(S(=O)(=O)Cc3ccccc3)CC2)cnn(-c2cccc(S(C)(=O)=O)c2)c1=O. The van der Waals surface area contributed by atoms with Gasteiger partial charge in [-0.1, -0.05) is 36.4 Å². The quantitative estimate of drug-likeness (QED) is 0.313. The summed E-state index contributed by atoms with van der Waals surface area (Å²) >= 11 is 0. The second-order valence-corrected chi connectivity index (χ2v) is 13.0. The van der Waals surface area contributed by atoms with E-state index in [0.717, 1.165) is 16.5 Å². The third-order valence-corrected chi connectivity index (χ3v) is 9.21. The largest absolute Gasteiger partial charge is 0.484 e. The number of aromatic nitrogens is 2. The Kier molecular flexibility index (Phi) is 9.05. The number of sulfone groups is 1. The van der Waals surface area contributed by atoms with Gasteiger partial charge in [-0.05, 0) is 30.7 Å². The van der Waals surface area contributed by atoms with Gasteiger partial charge in [-0.15, -0.1) is 0 Å². The molecule has 0 aliphatic carbocycles. The minimum absolute atomic E-state index is 0.0371. The van der Waals surface area contributed by atoms with Crippen molar-refractivity contribution in [2.24, 2.45) is 0 Å². The molecule has 0 spiro atoms. The van der Waals surface area contributed by atoms with E-state index in [0.29, 0.717) is 25.4 Å². The first kappa shape index (κ1) is 28.7. The predicted molar refractivity (Wildman–Crippen MR) is 148 cm³/mol. The highest BCUT2D eigenvalue weighted by atomic mass is 32.2. The van der Waals surface area contributed by atoms with Gasteiger partial charge in [0.25, 0.3) is 0 Å². The Bertz CT molecular complexity index is 1550. The molecule has 0 unspecified atom stereocenters.